The summed E-state index contributed by atoms with van der Waals surface area (Å²) in [5, 5.41) is 2.84. The molecule has 0 unspecified atom stereocenters. The van der Waals surface area contributed by atoms with E-state index in [1.165, 1.54) is 0 Å². The maximum Gasteiger partial charge on any atom is 0.325 e. The minimum absolute atomic E-state index is 0.0136. The SMILES string of the molecule is CC(C)(C)c1ccc(C(=O)CN2C(=O)NC3(CCCCC3)C2=O)cc1. The van der Waals surface area contributed by atoms with Crippen molar-refractivity contribution < 1.29 is 14.4 Å². The number of rotatable bonds is 3. The molecule has 3 rings (SSSR count). The average Bonchev–Trinajstić information content (AvgIpc) is 2.79. The number of carbonyl (C=O) groups is 3. The highest BCUT2D eigenvalue weighted by atomic mass is 16.2. The van der Waals surface area contributed by atoms with Crippen molar-refractivity contribution in [3.63, 3.8) is 0 Å². The molecule has 0 aromatic heterocycles. The highest BCUT2D eigenvalue weighted by Gasteiger charge is 2.51. The Hall–Kier alpha value is -2.17. The molecule has 5 nitrogen and oxygen atoms in total. The molecule has 0 bridgehead atoms. The molecule has 0 atom stereocenters. The van der Waals surface area contributed by atoms with Crippen LogP contribution in [0.2, 0.25) is 0 Å². The van der Waals surface area contributed by atoms with Crippen LogP contribution >= 0.6 is 0 Å². The lowest BCUT2D eigenvalue weighted by atomic mass is 9.82. The first-order valence-corrected chi connectivity index (χ1v) is 9.01. The fourth-order valence-corrected chi connectivity index (χ4v) is 3.71. The zero-order chi connectivity index (χ0) is 18.2. The third-order valence-electron chi connectivity index (χ3n) is 5.33. The average molecular weight is 342 g/mol. The van der Waals surface area contributed by atoms with Crippen LogP contribution in [0.25, 0.3) is 0 Å². The fourth-order valence-electron chi connectivity index (χ4n) is 3.71. The molecule has 2 aliphatic rings. The van der Waals surface area contributed by atoms with Crippen LogP contribution in [-0.4, -0.2) is 34.7 Å². The van der Waals surface area contributed by atoms with Gasteiger partial charge >= 0.3 is 6.03 Å². The van der Waals surface area contributed by atoms with Crippen molar-refractivity contribution in [3.8, 4) is 0 Å². The summed E-state index contributed by atoms with van der Waals surface area (Å²) >= 11 is 0. The highest BCUT2D eigenvalue weighted by molar-refractivity contribution is 6.11. The first-order valence-electron chi connectivity index (χ1n) is 9.01. The van der Waals surface area contributed by atoms with Crippen molar-refractivity contribution in [2.45, 2.75) is 63.8 Å². The maximum absolute atomic E-state index is 12.7. The van der Waals surface area contributed by atoms with E-state index < -0.39 is 11.6 Å². The first-order chi connectivity index (χ1) is 11.7. The van der Waals surface area contributed by atoms with Gasteiger partial charge in [-0.15, -0.1) is 0 Å². The molecule has 2 fully saturated rings. The summed E-state index contributed by atoms with van der Waals surface area (Å²) in [4.78, 5) is 38.6. The third kappa shape index (κ3) is 3.32. The Morgan fingerprint density at radius 2 is 1.68 bits per heavy atom. The Bertz CT molecular complexity index is 695. The Labute approximate surface area is 148 Å². The van der Waals surface area contributed by atoms with E-state index in [1.807, 2.05) is 12.1 Å². The summed E-state index contributed by atoms with van der Waals surface area (Å²) in [5.41, 5.74) is 0.907. The second-order valence-corrected chi connectivity index (χ2v) is 8.21. The number of hydrogen-bond donors (Lipinski definition) is 1. The Kier molecular flexibility index (Phi) is 4.43. The second kappa shape index (κ2) is 6.28. The number of benzene rings is 1. The van der Waals surface area contributed by atoms with E-state index in [9.17, 15) is 14.4 Å². The lowest BCUT2D eigenvalue weighted by Crippen LogP contribution is -2.48. The molecule has 1 saturated heterocycles. The summed E-state index contributed by atoms with van der Waals surface area (Å²) in [5.74, 6) is -0.450. The van der Waals surface area contributed by atoms with Crippen molar-refractivity contribution in [1.82, 2.24) is 10.2 Å². The Morgan fingerprint density at radius 3 is 2.24 bits per heavy atom. The molecule has 0 radical (unpaired) electrons. The molecule has 1 aliphatic carbocycles. The zero-order valence-corrected chi connectivity index (χ0v) is 15.2. The molecule has 1 spiro atoms. The van der Waals surface area contributed by atoms with Gasteiger partial charge in [0.1, 0.15) is 5.54 Å². The van der Waals surface area contributed by atoms with Crippen molar-refractivity contribution in [1.29, 1.82) is 0 Å². The Balaban J connectivity index is 1.72. The smallest absolute Gasteiger partial charge is 0.323 e. The van der Waals surface area contributed by atoms with Crippen LogP contribution in [0.5, 0.6) is 0 Å². The van der Waals surface area contributed by atoms with E-state index >= 15 is 0 Å². The van der Waals surface area contributed by atoms with Gasteiger partial charge in [-0.3, -0.25) is 14.5 Å². The van der Waals surface area contributed by atoms with Gasteiger partial charge in [0.25, 0.3) is 5.91 Å². The summed E-state index contributed by atoms with van der Waals surface area (Å²) in [7, 11) is 0. The fraction of sp³-hybridized carbons (Fsp3) is 0.550. The number of hydrogen-bond acceptors (Lipinski definition) is 3. The van der Waals surface area contributed by atoms with Crippen molar-refractivity contribution >= 4 is 17.7 Å². The lowest BCUT2D eigenvalue weighted by molar-refractivity contribution is -0.132. The lowest BCUT2D eigenvalue weighted by Gasteiger charge is -2.30. The first kappa shape index (κ1) is 17.6. The van der Waals surface area contributed by atoms with Gasteiger partial charge in [-0.05, 0) is 23.8 Å². The number of Topliss-reactive ketones (excluding diaryl/α,β-unsaturated/α-hetero) is 1. The summed E-state index contributed by atoms with van der Waals surface area (Å²) < 4.78 is 0. The van der Waals surface area contributed by atoms with Gasteiger partial charge in [0.15, 0.2) is 5.78 Å². The number of amides is 3. The van der Waals surface area contributed by atoms with Crippen molar-refractivity contribution in [2.24, 2.45) is 0 Å². The molecule has 1 N–H and O–H groups in total. The largest absolute Gasteiger partial charge is 0.325 e. The van der Waals surface area contributed by atoms with Crippen molar-refractivity contribution in [3.05, 3.63) is 35.4 Å². The minimum atomic E-state index is -0.772. The van der Waals surface area contributed by atoms with Crippen LogP contribution in [0.1, 0.15) is 68.8 Å². The molecule has 1 aromatic rings. The number of nitrogens with zero attached hydrogens (tertiary/aromatic N) is 1. The van der Waals surface area contributed by atoms with Gasteiger partial charge in [0, 0.05) is 5.56 Å². The molecule has 25 heavy (non-hydrogen) atoms. The molecule has 1 aliphatic heterocycles. The van der Waals surface area contributed by atoms with Gasteiger partial charge in [-0.1, -0.05) is 64.3 Å². The van der Waals surface area contributed by atoms with E-state index in [1.54, 1.807) is 12.1 Å². The van der Waals surface area contributed by atoms with Crippen molar-refractivity contribution in [2.75, 3.05) is 6.54 Å². The molecule has 1 saturated carbocycles. The van der Waals surface area contributed by atoms with Crippen LogP contribution in [0.4, 0.5) is 4.79 Å². The summed E-state index contributed by atoms with van der Waals surface area (Å²) in [6.45, 7) is 6.14. The second-order valence-electron chi connectivity index (χ2n) is 8.21. The number of imide groups is 1. The molecular formula is C20H26N2O3. The summed E-state index contributed by atoms with van der Waals surface area (Å²) in [6.07, 6.45) is 4.29. The quantitative estimate of drug-likeness (QED) is 0.676. The van der Waals surface area contributed by atoms with Crippen LogP contribution < -0.4 is 5.32 Å². The van der Waals surface area contributed by atoms with Crippen LogP contribution in [0, 0.1) is 0 Å². The van der Waals surface area contributed by atoms with Gasteiger partial charge in [-0.2, -0.15) is 0 Å². The molecule has 1 aromatic carbocycles. The predicted octanol–water partition coefficient (Wildman–Crippen LogP) is 3.42. The number of urea groups is 1. The normalized spacial score (nSPS) is 20.0. The predicted molar refractivity (Wildman–Crippen MR) is 95.5 cm³/mol. The molecule has 134 valence electrons. The topological polar surface area (TPSA) is 66.5 Å². The Morgan fingerprint density at radius 1 is 1.08 bits per heavy atom. The van der Waals surface area contributed by atoms with Gasteiger partial charge in [-0.25, -0.2) is 4.79 Å². The van der Waals surface area contributed by atoms with Gasteiger partial charge < -0.3 is 5.32 Å². The van der Waals surface area contributed by atoms with Gasteiger partial charge in [0.2, 0.25) is 0 Å². The summed E-state index contributed by atoms with van der Waals surface area (Å²) in [6, 6.07) is 6.98. The van der Waals surface area contributed by atoms with Crippen LogP contribution in [0.3, 0.4) is 0 Å². The van der Waals surface area contributed by atoms with Crippen LogP contribution in [-0.2, 0) is 10.2 Å². The maximum atomic E-state index is 12.7. The third-order valence-corrected chi connectivity index (χ3v) is 5.33. The standard InChI is InChI=1S/C20H26N2O3/c1-19(2,3)15-9-7-14(8-10-15)16(23)13-22-17(24)20(21-18(22)25)11-5-4-6-12-20/h7-10H,4-6,11-13H2,1-3H3,(H,21,25). The van der Waals surface area contributed by atoms with Gasteiger partial charge in [0.05, 0.1) is 6.54 Å². The minimum Gasteiger partial charge on any atom is -0.323 e. The molecule has 1 heterocycles. The highest BCUT2D eigenvalue weighted by Crippen LogP contribution is 2.33. The van der Waals surface area contributed by atoms with E-state index in [-0.39, 0.29) is 23.7 Å². The molecule has 3 amide bonds. The van der Waals surface area contributed by atoms with E-state index in [2.05, 4.69) is 26.1 Å². The number of ketones is 1. The molecule has 5 heteroatoms. The van der Waals surface area contributed by atoms with Crippen LogP contribution in [0.15, 0.2) is 24.3 Å². The number of nitrogens with one attached hydrogen (secondary N) is 1. The van der Waals surface area contributed by atoms with E-state index in [4.69, 9.17) is 0 Å². The monoisotopic (exact) mass is 342 g/mol. The number of carbonyl (C=O) groups excluding carboxylic acids is 3. The van der Waals surface area contributed by atoms with E-state index in [0.29, 0.717) is 18.4 Å². The zero-order valence-electron chi connectivity index (χ0n) is 15.2. The van der Waals surface area contributed by atoms with E-state index in [0.717, 1.165) is 29.7 Å². The molecular weight excluding hydrogens is 316 g/mol.